The van der Waals surface area contributed by atoms with Gasteiger partial charge in [0, 0.05) is 18.8 Å². The zero-order valence-electron chi connectivity index (χ0n) is 9.59. The van der Waals surface area contributed by atoms with Crippen LogP contribution in [0.1, 0.15) is 29.5 Å². The summed E-state index contributed by atoms with van der Waals surface area (Å²) in [7, 11) is 1.97. The number of benzene rings is 1. The van der Waals surface area contributed by atoms with Gasteiger partial charge in [0.25, 0.3) is 0 Å². The largest absolute Gasteiger partial charge is 0.399 e. The Morgan fingerprint density at radius 2 is 2.12 bits per heavy atom. The monoisotopic (exact) mass is 220 g/mol. The van der Waals surface area contributed by atoms with Crippen molar-refractivity contribution in [3.63, 3.8) is 0 Å². The predicted octanol–water partition coefficient (Wildman–Crippen LogP) is 2.22. The van der Waals surface area contributed by atoms with Crippen LogP contribution in [-0.2, 0) is 18.6 Å². The molecule has 0 spiro atoms. The van der Waals surface area contributed by atoms with Crippen molar-refractivity contribution in [1.82, 2.24) is 4.90 Å². The van der Waals surface area contributed by atoms with Crippen molar-refractivity contribution in [1.29, 1.82) is 0 Å². The van der Waals surface area contributed by atoms with E-state index in [9.17, 15) is 4.39 Å². The first-order valence-electron chi connectivity index (χ1n) is 5.88. The van der Waals surface area contributed by atoms with Gasteiger partial charge < -0.3 is 5.73 Å². The summed E-state index contributed by atoms with van der Waals surface area (Å²) in [6, 6.07) is 3.89. The lowest BCUT2D eigenvalue weighted by Gasteiger charge is -2.41. The van der Waals surface area contributed by atoms with Crippen LogP contribution in [0.5, 0.6) is 0 Å². The highest BCUT2D eigenvalue weighted by Crippen LogP contribution is 2.44. The second-order valence-corrected chi connectivity index (χ2v) is 5.21. The van der Waals surface area contributed by atoms with E-state index in [1.54, 1.807) is 0 Å². The SMILES string of the molecule is CN1Cc2cc(N)cc3c2[C@](F)(CCC3)C1. The third-order valence-corrected chi connectivity index (χ3v) is 3.75. The first-order valence-corrected chi connectivity index (χ1v) is 5.88. The van der Waals surface area contributed by atoms with Crippen LogP contribution >= 0.6 is 0 Å². The van der Waals surface area contributed by atoms with Gasteiger partial charge in [-0.1, -0.05) is 0 Å². The van der Waals surface area contributed by atoms with Crippen molar-refractivity contribution in [2.45, 2.75) is 31.5 Å². The second kappa shape index (κ2) is 3.20. The molecule has 1 aromatic rings. The first kappa shape index (κ1) is 10.1. The van der Waals surface area contributed by atoms with E-state index in [1.807, 2.05) is 19.2 Å². The van der Waals surface area contributed by atoms with Gasteiger partial charge in [-0.25, -0.2) is 4.39 Å². The van der Waals surface area contributed by atoms with E-state index in [1.165, 1.54) is 0 Å². The van der Waals surface area contributed by atoms with Gasteiger partial charge >= 0.3 is 0 Å². The van der Waals surface area contributed by atoms with Crippen molar-refractivity contribution >= 4 is 5.69 Å². The van der Waals surface area contributed by atoms with Crippen LogP contribution in [0.15, 0.2) is 12.1 Å². The van der Waals surface area contributed by atoms with Gasteiger partial charge in [-0.15, -0.1) is 0 Å². The van der Waals surface area contributed by atoms with Gasteiger partial charge in [0.1, 0.15) is 5.67 Å². The van der Waals surface area contributed by atoms with Crippen LogP contribution in [-0.4, -0.2) is 18.5 Å². The fourth-order valence-corrected chi connectivity index (χ4v) is 3.31. The Labute approximate surface area is 95.2 Å². The van der Waals surface area contributed by atoms with E-state index >= 15 is 0 Å². The molecule has 0 saturated heterocycles. The van der Waals surface area contributed by atoms with E-state index in [0.29, 0.717) is 13.0 Å². The molecular formula is C13H17FN2. The highest BCUT2D eigenvalue weighted by atomic mass is 19.1. The maximum atomic E-state index is 14.9. The standard InChI is InChI=1S/C13H17FN2/c1-16-7-10-6-11(15)5-9-3-2-4-13(14,8-16)12(9)10/h5-6H,2-4,7-8,15H2,1H3/t13-/m0/s1. The van der Waals surface area contributed by atoms with Gasteiger partial charge in [0.05, 0.1) is 0 Å². The maximum Gasteiger partial charge on any atom is 0.149 e. The molecule has 2 nitrogen and oxygen atoms in total. The first-order chi connectivity index (χ1) is 7.58. The number of nitrogens with zero attached hydrogens (tertiary/aromatic N) is 1. The Balaban J connectivity index is 2.23. The highest BCUT2D eigenvalue weighted by Gasteiger charge is 2.42. The lowest BCUT2D eigenvalue weighted by Crippen LogP contribution is -2.43. The molecule has 0 saturated carbocycles. The van der Waals surface area contributed by atoms with Crippen molar-refractivity contribution < 1.29 is 4.39 Å². The van der Waals surface area contributed by atoms with Crippen molar-refractivity contribution in [2.75, 3.05) is 19.3 Å². The summed E-state index contributed by atoms with van der Waals surface area (Å²) >= 11 is 0. The van der Waals surface area contributed by atoms with Gasteiger partial charge in [-0.05, 0) is 55.1 Å². The number of nitrogens with two attached hydrogens (primary N) is 1. The smallest absolute Gasteiger partial charge is 0.149 e. The molecule has 0 fully saturated rings. The molecule has 0 amide bonds. The van der Waals surface area contributed by atoms with Crippen LogP contribution < -0.4 is 5.73 Å². The molecule has 86 valence electrons. The van der Waals surface area contributed by atoms with E-state index < -0.39 is 5.67 Å². The third kappa shape index (κ3) is 1.34. The average Bonchev–Trinajstić information content (AvgIpc) is 2.14. The summed E-state index contributed by atoms with van der Waals surface area (Å²) in [5.74, 6) is 0. The number of likely N-dealkylation sites (N-methyl/N-ethyl adjacent to an activating group) is 1. The summed E-state index contributed by atoms with van der Waals surface area (Å²) in [6.45, 7) is 1.34. The molecule has 2 aliphatic rings. The normalized spacial score (nSPS) is 28.9. The summed E-state index contributed by atoms with van der Waals surface area (Å²) in [4.78, 5) is 2.05. The molecule has 1 aliphatic heterocycles. The molecule has 0 radical (unpaired) electrons. The molecular weight excluding hydrogens is 203 g/mol. The number of aryl methyl sites for hydroxylation is 1. The second-order valence-electron chi connectivity index (χ2n) is 5.21. The van der Waals surface area contributed by atoms with Crippen LogP contribution in [0.3, 0.4) is 0 Å². The number of halogens is 1. The zero-order valence-corrected chi connectivity index (χ0v) is 9.59. The Morgan fingerprint density at radius 3 is 2.94 bits per heavy atom. The van der Waals surface area contributed by atoms with Crippen molar-refractivity contribution in [3.05, 3.63) is 28.8 Å². The Morgan fingerprint density at radius 1 is 1.38 bits per heavy atom. The Hall–Kier alpha value is -1.09. The fourth-order valence-electron chi connectivity index (χ4n) is 3.31. The Kier molecular flexibility index (Phi) is 2.02. The number of hydrogen-bond donors (Lipinski definition) is 1. The zero-order chi connectivity index (χ0) is 11.3. The molecule has 2 N–H and O–H groups in total. The topological polar surface area (TPSA) is 29.3 Å². The van der Waals surface area contributed by atoms with Crippen molar-refractivity contribution in [3.8, 4) is 0 Å². The van der Waals surface area contributed by atoms with E-state index in [4.69, 9.17) is 5.73 Å². The van der Waals surface area contributed by atoms with Crippen molar-refractivity contribution in [2.24, 2.45) is 0 Å². The van der Waals surface area contributed by atoms with Gasteiger partial charge in [-0.3, -0.25) is 4.90 Å². The minimum Gasteiger partial charge on any atom is -0.399 e. The predicted molar refractivity (Wildman–Crippen MR) is 62.9 cm³/mol. The van der Waals surface area contributed by atoms with Crippen LogP contribution in [0, 0.1) is 0 Å². The maximum absolute atomic E-state index is 14.9. The van der Waals surface area contributed by atoms with Crippen LogP contribution in [0.4, 0.5) is 10.1 Å². The summed E-state index contributed by atoms with van der Waals surface area (Å²) in [5, 5.41) is 0. The molecule has 1 aromatic carbocycles. The molecule has 1 atom stereocenters. The van der Waals surface area contributed by atoms with Crippen LogP contribution in [0.25, 0.3) is 0 Å². The minimum atomic E-state index is -1.14. The molecule has 3 rings (SSSR count). The van der Waals surface area contributed by atoms with Gasteiger partial charge in [0.15, 0.2) is 0 Å². The molecule has 0 aromatic heterocycles. The lowest BCUT2D eigenvalue weighted by molar-refractivity contribution is 0.0642. The third-order valence-electron chi connectivity index (χ3n) is 3.75. The molecule has 0 unspecified atom stereocenters. The summed E-state index contributed by atoms with van der Waals surface area (Å²) < 4.78 is 14.9. The Bertz CT molecular complexity index is 444. The molecule has 1 heterocycles. The van der Waals surface area contributed by atoms with E-state index in [0.717, 1.165) is 41.8 Å². The van der Waals surface area contributed by atoms with E-state index in [2.05, 4.69) is 4.90 Å². The average molecular weight is 220 g/mol. The minimum absolute atomic E-state index is 0.525. The fraction of sp³-hybridized carbons (Fsp3) is 0.538. The summed E-state index contributed by atoms with van der Waals surface area (Å²) in [5.41, 5.74) is 8.69. The number of hydrogen-bond acceptors (Lipinski definition) is 2. The molecule has 16 heavy (non-hydrogen) atoms. The highest BCUT2D eigenvalue weighted by molar-refractivity contribution is 5.53. The van der Waals surface area contributed by atoms with Gasteiger partial charge in [-0.2, -0.15) is 0 Å². The quantitative estimate of drug-likeness (QED) is 0.679. The number of anilines is 1. The molecule has 3 heteroatoms. The molecule has 0 bridgehead atoms. The number of alkyl halides is 1. The molecule has 1 aliphatic carbocycles. The number of rotatable bonds is 0. The van der Waals surface area contributed by atoms with E-state index in [-0.39, 0.29) is 0 Å². The number of nitrogen functional groups attached to an aromatic ring is 1. The summed E-state index contributed by atoms with van der Waals surface area (Å²) in [6.07, 6.45) is 2.56. The van der Waals surface area contributed by atoms with Gasteiger partial charge in [0.2, 0.25) is 0 Å². The van der Waals surface area contributed by atoms with Crippen LogP contribution in [0.2, 0.25) is 0 Å². The lowest BCUT2D eigenvalue weighted by atomic mass is 9.75.